The van der Waals surface area contributed by atoms with Gasteiger partial charge in [-0.3, -0.25) is 9.52 Å². The Morgan fingerprint density at radius 3 is 1.87 bits per heavy atom. The summed E-state index contributed by atoms with van der Waals surface area (Å²) < 4.78 is 34.8. The molecule has 0 atom stereocenters. The van der Waals surface area contributed by atoms with Crippen molar-refractivity contribution in [3.05, 3.63) is 97.1 Å². The molecule has 5 rings (SSSR count). The first-order chi connectivity index (χ1) is 18.7. The Morgan fingerprint density at radius 2 is 1.28 bits per heavy atom. The highest BCUT2D eigenvalue weighted by atomic mass is 32.2. The summed E-state index contributed by atoms with van der Waals surface area (Å²) in [7, 11) is -4.02. The van der Waals surface area contributed by atoms with Gasteiger partial charge < -0.3 is 21.1 Å². The molecule has 4 aromatic carbocycles. The molecular weight excluding hydrogens is 516 g/mol. The van der Waals surface area contributed by atoms with Crippen LogP contribution in [-0.4, -0.2) is 24.3 Å². The largest absolute Gasteiger partial charge is 0.457 e. The van der Waals surface area contributed by atoms with E-state index in [2.05, 4.69) is 25.3 Å². The lowest BCUT2D eigenvalue weighted by molar-refractivity contribution is -0.114. The van der Waals surface area contributed by atoms with E-state index in [0.717, 1.165) is 0 Å². The molecule has 0 saturated heterocycles. The number of carbonyl (C=O) groups excluding carboxylic acids is 1. The molecule has 0 aliphatic carbocycles. The summed E-state index contributed by atoms with van der Waals surface area (Å²) in [5.41, 5.74) is 8.61. The molecule has 39 heavy (non-hydrogen) atoms. The Bertz CT molecular complexity index is 1740. The van der Waals surface area contributed by atoms with Crippen molar-refractivity contribution in [2.24, 2.45) is 0 Å². The van der Waals surface area contributed by atoms with Gasteiger partial charge in [0.05, 0.1) is 15.9 Å². The van der Waals surface area contributed by atoms with Crippen LogP contribution in [0.15, 0.2) is 102 Å². The molecule has 10 nitrogen and oxygen atoms in total. The normalized spacial score (nSPS) is 11.1. The minimum Gasteiger partial charge on any atom is -0.457 e. The third-order valence-electron chi connectivity index (χ3n) is 5.52. The van der Waals surface area contributed by atoms with E-state index in [-0.39, 0.29) is 22.4 Å². The van der Waals surface area contributed by atoms with Crippen LogP contribution in [0.2, 0.25) is 0 Å². The Labute approximate surface area is 224 Å². The van der Waals surface area contributed by atoms with Crippen molar-refractivity contribution in [3.63, 3.8) is 0 Å². The lowest BCUT2D eigenvalue weighted by Gasteiger charge is -2.14. The molecule has 0 saturated carbocycles. The summed E-state index contributed by atoms with van der Waals surface area (Å²) in [4.78, 5) is 20.4. The number of para-hydroxylation sites is 2. The highest BCUT2D eigenvalue weighted by Crippen LogP contribution is 2.29. The number of nitrogens with two attached hydrogens (primary N) is 1. The first-order valence-electron chi connectivity index (χ1n) is 11.8. The number of fused-ring (bicyclic) bond motifs is 1. The SMILES string of the molecule is CC(=O)Nc1ccc(S(=O)(=O)Nc2nc3ccccc3nc2Nc2ccc(Oc3ccc(N)cc3)cc2)cc1. The van der Waals surface area contributed by atoms with Crippen LogP contribution in [0.3, 0.4) is 0 Å². The second kappa shape index (κ2) is 10.7. The van der Waals surface area contributed by atoms with Gasteiger partial charge in [-0.05, 0) is 84.9 Å². The lowest BCUT2D eigenvalue weighted by Crippen LogP contribution is -2.16. The number of ether oxygens (including phenoxy) is 1. The monoisotopic (exact) mass is 540 g/mol. The van der Waals surface area contributed by atoms with Gasteiger partial charge in [-0.25, -0.2) is 18.4 Å². The third kappa shape index (κ3) is 6.22. The van der Waals surface area contributed by atoms with Crippen LogP contribution in [0.1, 0.15) is 6.92 Å². The number of amides is 1. The maximum atomic E-state index is 13.2. The quantitative estimate of drug-likeness (QED) is 0.188. The summed E-state index contributed by atoms with van der Waals surface area (Å²) in [5, 5.41) is 5.76. The van der Waals surface area contributed by atoms with E-state index in [1.54, 1.807) is 66.7 Å². The average molecular weight is 541 g/mol. The minimum absolute atomic E-state index is 0.00156. The molecule has 1 heterocycles. The summed E-state index contributed by atoms with van der Waals surface area (Å²) in [6.07, 6.45) is 0. The van der Waals surface area contributed by atoms with E-state index < -0.39 is 10.0 Å². The first-order valence-corrected chi connectivity index (χ1v) is 13.3. The van der Waals surface area contributed by atoms with Crippen molar-refractivity contribution >= 4 is 55.7 Å². The predicted molar refractivity (Wildman–Crippen MR) is 152 cm³/mol. The zero-order valence-corrected chi connectivity index (χ0v) is 21.6. The molecule has 0 spiro atoms. The summed E-state index contributed by atoms with van der Waals surface area (Å²) in [6.45, 7) is 1.37. The van der Waals surface area contributed by atoms with E-state index in [0.29, 0.717) is 39.6 Å². The number of benzene rings is 4. The number of aromatic nitrogens is 2. The van der Waals surface area contributed by atoms with Crippen LogP contribution in [0, 0.1) is 0 Å². The number of nitrogens with zero attached hydrogens (tertiary/aromatic N) is 2. The average Bonchev–Trinajstić information content (AvgIpc) is 2.91. The smallest absolute Gasteiger partial charge is 0.263 e. The molecule has 0 aliphatic rings. The topological polar surface area (TPSA) is 148 Å². The van der Waals surface area contributed by atoms with Crippen molar-refractivity contribution in [3.8, 4) is 11.5 Å². The number of anilines is 5. The maximum absolute atomic E-state index is 13.2. The molecule has 1 aromatic heterocycles. The van der Waals surface area contributed by atoms with E-state index in [4.69, 9.17) is 10.5 Å². The molecule has 0 bridgehead atoms. The van der Waals surface area contributed by atoms with Crippen LogP contribution in [0.5, 0.6) is 11.5 Å². The van der Waals surface area contributed by atoms with Gasteiger partial charge in [0.15, 0.2) is 11.6 Å². The highest BCUT2D eigenvalue weighted by Gasteiger charge is 2.19. The van der Waals surface area contributed by atoms with Gasteiger partial charge in [0.25, 0.3) is 10.0 Å². The second-order valence-corrected chi connectivity index (χ2v) is 10.2. The Morgan fingerprint density at radius 1 is 0.744 bits per heavy atom. The number of hydrogen-bond acceptors (Lipinski definition) is 8. The van der Waals surface area contributed by atoms with E-state index in [9.17, 15) is 13.2 Å². The molecule has 11 heteroatoms. The zero-order valence-electron chi connectivity index (χ0n) is 20.8. The van der Waals surface area contributed by atoms with Crippen molar-refractivity contribution in [2.75, 3.05) is 21.1 Å². The summed E-state index contributed by atoms with van der Waals surface area (Å²) >= 11 is 0. The second-order valence-electron chi connectivity index (χ2n) is 8.54. The number of nitrogens with one attached hydrogen (secondary N) is 3. The van der Waals surface area contributed by atoms with Crippen LogP contribution in [0.4, 0.5) is 28.7 Å². The van der Waals surface area contributed by atoms with Gasteiger partial charge in [-0.1, -0.05) is 12.1 Å². The van der Waals surface area contributed by atoms with Gasteiger partial charge in [-0.15, -0.1) is 0 Å². The van der Waals surface area contributed by atoms with E-state index in [1.807, 2.05) is 6.07 Å². The Balaban J connectivity index is 1.41. The van der Waals surface area contributed by atoms with E-state index >= 15 is 0 Å². The maximum Gasteiger partial charge on any atom is 0.263 e. The fourth-order valence-corrected chi connectivity index (χ4v) is 4.69. The Hall–Kier alpha value is -5.16. The van der Waals surface area contributed by atoms with E-state index in [1.165, 1.54) is 31.2 Å². The number of carbonyl (C=O) groups is 1. The molecule has 0 radical (unpaired) electrons. The molecule has 5 aromatic rings. The lowest BCUT2D eigenvalue weighted by atomic mass is 10.2. The molecule has 5 N–H and O–H groups in total. The number of nitrogen functional groups attached to an aromatic ring is 1. The van der Waals surface area contributed by atoms with Gasteiger partial charge >= 0.3 is 0 Å². The minimum atomic E-state index is -4.02. The molecule has 1 amide bonds. The molecule has 0 fully saturated rings. The fraction of sp³-hybridized carbons (Fsp3) is 0.0357. The van der Waals surface area contributed by atoms with Crippen LogP contribution < -0.4 is 25.8 Å². The van der Waals surface area contributed by atoms with Crippen molar-refractivity contribution in [1.82, 2.24) is 9.97 Å². The molecular formula is C28H24N6O4S. The molecule has 196 valence electrons. The van der Waals surface area contributed by atoms with Crippen LogP contribution in [-0.2, 0) is 14.8 Å². The van der Waals surface area contributed by atoms with Gasteiger partial charge in [0.2, 0.25) is 5.91 Å². The summed E-state index contributed by atoms with van der Waals surface area (Å²) in [5.74, 6) is 1.25. The molecule has 0 aliphatic heterocycles. The predicted octanol–water partition coefficient (Wildman–Crippen LogP) is 5.51. The summed E-state index contributed by atoms with van der Waals surface area (Å²) in [6, 6.07) is 27.1. The van der Waals surface area contributed by atoms with Gasteiger partial charge in [0, 0.05) is 24.0 Å². The van der Waals surface area contributed by atoms with Crippen molar-refractivity contribution < 1.29 is 17.9 Å². The fourth-order valence-electron chi connectivity index (χ4n) is 3.68. The number of rotatable bonds is 8. The highest BCUT2D eigenvalue weighted by molar-refractivity contribution is 7.92. The number of hydrogen-bond donors (Lipinski definition) is 4. The first kappa shape index (κ1) is 25.5. The van der Waals surface area contributed by atoms with Crippen LogP contribution >= 0.6 is 0 Å². The number of sulfonamides is 1. The zero-order chi connectivity index (χ0) is 27.4. The third-order valence-corrected chi connectivity index (χ3v) is 6.87. The Kier molecular flexibility index (Phi) is 6.98. The van der Waals surface area contributed by atoms with Crippen LogP contribution in [0.25, 0.3) is 11.0 Å². The van der Waals surface area contributed by atoms with Gasteiger partial charge in [0.1, 0.15) is 11.5 Å². The molecule has 0 unspecified atom stereocenters. The standard InChI is InChI=1S/C28H24N6O4S/c1-18(35)30-20-10-16-24(17-11-20)39(36,37)34-28-27(32-25-4-2-3-5-26(25)33-28)31-21-8-14-23(15-9-21)38-22-12-6-19(29)7-13-22/h2-17H,29H2,1H3,(H,30,35)(H,31,32)(H,33,34). The van der Waals surface area contributed by atoms with Gasteiger partial charge in [-0.2, -0.15) is 0 Å². The van der Waals surface area contributed by atoms with Crippen molar-refractivity contribution in [1.29, 1.82) is 0 Å². The van der Waals surface area contributed by atoms with Crippen molar-refractivity contribution in [2.45, 2.75) is 11.8 Å².